The van der Waals surface area contributed by atoms with Gasteiger partial charge in [-0.15, -0.1) is 0 Å². The molecule has 2 aliphatic heterocycles. The van der Waals surface area contributed by atoms with Crippen molar-refractivity contribution in [3.8, 4) is 5.69 Å². The van der Waals surface area contributed by atoms with Crippen LogP contribution in [0.25, 0.3) is 16.6 Å². The number of nitrogens with zero attached hydrogens (tertiary/aromatic N) is 4. The number of carbonyl (C=O) groups is 2. The molecule has 2 aromatic carbocycles. The van der Waals surface area contributed by atoms with Gasteiger partial charge in [-0.05, 0) is 62.4 Å². The van der Waals surface area contributed by atoms with Crippen molar-refractivity contribution in [3.63, 3.8) is 0 Å². The van der Waals surface area contributed by atoms with Gasteiger partial charge < -0.3 is 19.1 Å². The summed E-state index contributed by atoms with van der Waals surface area (Å²) in [5.41, 5.74) is 1.17. The lowest BCUT2D eigenvalue weighted by molar-refractivity contribution is -0.137. The summed E-state index contributed by atoms with van der Waals surface area (Å²) in [6.45, 7) is 8.90. The molecule has 0 spiro atoms. The molecule has 38 heavy (non-hydrogen) atoms. The summed E-state index contributed by atoms with van der Waals surface area (Å²) < 4.78 is 46.6. The lowest BCUT2D eigenvalue weighted by Crippen LogP contribution is -2.50. The standard InChI is InChI=1S/C28H31F3N4O3/c1-19(2)32-9-11-33(12-10-32)26(36)20-3-8-24-21(17-20)18-25(27(37)34-13-15-38-16-14-34)35(24)23-6-4-22(5-7-23)28(29,30)31/h3-8,17-19H,9-16H2,1-2H3. The average molecular weight is 529 g/mol. The van der Waals surface area contributed by atoms with Gasteiger partial charge in [-0.25, -0.2) is 0 Å². The minimum atomic E-state index is -4.46. The first kappa shape index (κ1) is 26.2. The van der Waals surface area contributed by atoms with Crippen LogP contribution in [0.4, 0.5) is 13.2 Å². The first-order valence-corrected chi connectivity index (χ1v) is 12.9. The van der Waals surface area contributed by atoms with Crippen molar-refractivity contribution >= 4 is 22.7 Å². The van der Waals surface area contributed by atoms with Crippen LogP contribution in [0.5, 0.6) is 0 Å². The molecule has 0 atom stereocenters. The van der Waals surface area contributed by atoms with Gasteiger partial charge in [-0.1, -0.05) is 0 Å². The number of rotatable bonds is 4. The number of aromatic nitrogens is 1. The number of fused-ring (bicyclic) bond motifs is 1. The van der Waals surface area contributed by atoms with Crippen molar-refractivity contribution < 1.29 is 27.5 Å². The van der Waals surface area contributed by atoms with Crippen molar-refractivity contribution in [1.82, 2.24) is 19.3 Å². The minimum Gasteiger partial charge on any atom is -0.378 e. The Kier molecular flexibility index (Phi) is 7.19. The zero-order valence-corrected chi connectivity index (χ0v) is 21.5. The van der Waals surface area contributed by atoms with E-state index in [-0.39, 0.29) is 11.8 Å². The number of alkyl halides is 3. The van der Waals surface area contributed by atoms with E-state index in [0.717, 1.165) is 25.2 Å². The lowest BCUT2D eigenvalue weighted by Gasteiger charge is -2.37. The van der Waals surface area contributed by atoms with Gasteiger partial charge in [-0.2, -0.15) is 13.2 Å². The molecule has 10 heteroatoms. The predicted molar refractivity (Wildman–Crippen MR) is 138 cm³/mol. The van der Waals surface area contributed by atoms with Crippen molar-refractivity contribution in [2.75, 3.05) is 52.5 Å². The van der Waals surface area contributed by atoms with Crippen molar-refractivity contribution in [2.45, 2.75) is 26.1 Å². The molecule has 0 aliphatic carbocycles. The van der Waals surface area contributed by atoms with Crippen LogP contribution in [-0.2, 0) is 10.9 Å². The van der Waals surface area contributed by atoms with Gasteiger partial charge in [0.15, 0.2) is 0 Å². The Balaban J connectivity index is 1.51. The molecular weight excluding hydrogens is 497 g/mol. The second-order valence-electron chi connectivity index (χ2n) is 10.0. The molecule has 0 radical (unpaired) electrons. The molecule has 2 saturated heterocycles. The highest BCUT2D eigenvalue weighted by Crippen LogP contribution is 2.32. The first-order valence-electron chi connectivity index (χ1n) is 12.9. The molecular formula is C28H31F3N4O3. The summed E-state index contributed by atoms with van der Waals surface area (Å²) in [6.07, 6.45) is -4.46. The molecule has 0 saturated carbocycles. The normalized spacial score (nSPS) is 17.4. The van der Waals surface area contributed by atoms with Gasteiger partial charge in [0.25, 0.3) is 11.8 Å². The Morgan fingerprint density at radius 1 is 0.816 bits per heavy atom. The van der Waals surface area contributed by atoms with Crippen molar-refractivity contribution in [3.05, 3.63) is 65.4 Å². The number of hydrogen-bond acceptors (Lipinski definition) is 4. The summed E-state index contributed by atoms with van der Waals surface area (Å²) in [4.78, 5) is 32.7. The van der Waals surface area contributed by atoms with E-state index in [1.54, 1.807) is 33.7 Å². The summed E-state index contributed by atoms with van der Waals surface area (Å²) >= 11 is 0. The molecule has 0 unspecified atom stereocenters. The predicted octanol–water partition coefficient (Wildman–Crippen LogP) is 4.29. The van der Waals surface area contributed by atoms with Crippen molar-refractivity contribution in [2.24, 2.45) is 0 Å². The van der Waals surface area contributed by atoms with Gasteiger partial charge in [0.1, 0.15) is 5.69 Å². The fourth-order valence-corrected chi connectivity index (χ4v) is 5.14. The Hall–Kier alpha value is -3.37. The number of hydrogen-bond donors (Lipinski definition) is 0. The molecule has 0 N–H and O–H groups in total. The largest absolute Gasteiger partial charge is 0.416 e. The average Bonchev–Trinajstić information content (AvgIpc) is 3.31. The molecule has 3 aromatic rings. The zero-order chi connectivity index (χ0) is 27.0. The Morgan fingerprint density at radius 2 is 1.45 bits per heavy atom. The molecule has 7 nitrogen and oxygen atoms in total. The number of benzene rings is 2. The van der Waals surface area contributed by atoms with Crippen LogP contribution in [-0.4, -0.2) is 89.6 Å². The maximum absolute atomic E-state index is 13.5. The topological polar surface area (TPSA) is 58.0 Å². The smallest absolute Gasteiger partial charge is 0.378 e. The van der Waals surface area contributed by atoms with E-state index < -0.39 is 11.7 Å². The SMILES string of the molecule is CC(C)N1CCN(C(=O)c2ccc3c(c2)cc(C(=O)N2CCOCC2)n3-c2ccc(C(F)(F)F)cc2)CC1. The third-order valence-electron chi connectivity index (χ3n) is 7.35. The third-order valence-corrected chi connectivity index (χ3v) is 7.35. The summed E-state index contributed by atoms with van der Waals surface area (Å²) in [6, 6.07) is 12.2. The molecule has 2 aliphatic rings. The quantitative estimate of drug-likeness (QED) is 0.507. The van der Waals surface area contributed by atoms with Crippen LogP contribution in [0.1, 0.15) is 40.3 Å². The molecule has 2 amide bonds. The molecule has 2 fully saturated rings. The van der Waals surface area contributed by atoms with Crippen LogP contribution >= 0.6 is 0 Å². The number of morpholine rings is 1. The van der Waals surface area contributed by atoms with Crippen LogP contribution in [0, 0.1) is 0 Å². The minimum absolute atomic E-state index is 0.0707. The maximum atomic E-state index is 13.5. The van der Waals surface area contributed by atoms with E-state index in [9.17, 15) is 22.8 Å². The zero-order valence-electron chi connectivity index (χ0n) is 21.5. The van der Waals surface area contributed by atoms with Crippen LogP contribution in [0.2, 0.25) is 0 Å². The summed E-state index contributed by atoms with van der Waals surface area (Å²) in [5.74, 6) is -0.305. The van der Waals surface area contributed by atoms with E-state index in [2.05, 4.69) is 18.7 Å². The molecule has 1 aromatic heterocycles. The summed E-state index contributed by atoms with van der Waals surface area (Å²) in [7, 11) is 0. The fourth-order valence-electron chi connectivity index (χ4n) is 5.14. The molecule has 202 valence electrons. The molecule has 5 rings (SSSR count). The monoisotopic (exact) mass is 528 g/mol. The van der Waals surface area contributed by atoms with E-state index in [4.69, 9.17) is 4.74 Å². The van der Waals surface area contributed by atoms with Crippen LogP contribution in [0.3, 0.4) is 0 Å². The van der Waals surface area contributed by atoms with Gasteiger partial charge in [0.2, 0.25) is 0 Å². The number of ether oxygens (including phenoxy) is 1. The molecule has 3 heterocycles. The van der Waals surface area contributed by atoms with Crippen LogP contribution < -0.4 is 0 Å². The maximum Gasteiger partial charge on any atom is 0.416 e. The first-order chi connectivity index (χ1) is 18.1. The highest BCUT2D eigenvalue weighted by molar-refractivity contribution is 6.03. The fraction of sp³-hybridized carbons (Fsp3) is 0.429. The second-order valence-corrected chi connectivity index (χ2v) is 10.0. The van der Waals surface area contributed by atoms with Gasteiger partial charge in [-0.3, -0.25) is 14.5 Å². The number of piperazine rings is 1. The highest BCUT2D eigenvalue weighted by atomic mass is 19.4. The number of amides is 2. The van der Waals surface area contributed by atoms with E-state index in [0.29, 0.717) is 73.3 Å². The second kappa shape index (κ2) is 10.4. The summed E-state index contributed by atoms with van der Waals surface area (Å²) in [5, 5.41) is 0.674. The van der Waals surface area contributed by atoms with Gasteiger partial charge >= 0.3 is 6.18 Å². The Labute approximate surface area is 219 Å². The number of halogens is 3. The van der Waals surface area contributed by atoms with Crippen molar-refractivity contribution in [1.29, 1.82) is 0 Å². The van der Waals surface area contributed by atoms with E-state index in [1.807, 2.05) is 4.90 Å². The Morgan fingerprint density at radius 3 is 2.05 bits per heavy atom. The number of carbonyl (C=O) groups excluding carboxylic acids is 2. The Bertz CT molecular complexity index is 1320. The van der Waals surface area contributed by atoms with Crippen LogP contribution in [0.15, 0.2) is 48.5 Å². The lowest BCUT2D eigenvalue weighted by atomic mass is 10.1. The van der Waals surface area contributed by atoms with E-state index >= 15 is 0 Å². The van der Waals surface area contributed by atoms with Gasteiger partial charge in [0.05, 0.1) is 24.3 Å². The highest BCUT2D eigenvalue weighted by Gasteiger charge is 2.31. The third kappa shape index (κ3) is 5.15. The molecule has 0 bridgehead atoms. The van der Waals surface area contributed by atoms with Gasteiger partial charge in [0, 0.05) is 61.9 Å². The van der Waals surface area contributed by atoms with E-state index in [1.165, 1.54) is 12.1 Å².